The first-order valence-electron chi connectivity index (χ1n) is 8.04. The van der Waals surface area contributed by atoms with Gasteiger partial charge in [-0.15, -0.1) is 0 Å². The second kappa shape index (κ2) is 7.13. The molecule has 1 aromatic carbocycles. The minimum Gasteiger partial charge on any atom is -0.346 e. The maximum atomic E-state index is 12.6. The fourth-order valence-corrected chi connectivity index (χ4v) is 2.87. The van der Waals surface area contributed by atoms with E-state index in [1.165, 1.54) is 5.56 Å². The monoisotopic (exact) mass is 319 g/mol. The van der Waals surface area contributed by atoms with Gasteiger partial charge in [0.05, 0.1) is 12.5 Å². The molecule has 3 aromatic rings. The van der Waals surface area contributed by atoms with Gasteiger partial charge < -0.3 is 9.88 Å². The number of hydrogen-bond donors (Lipinski definition) is 1. The zero-order valence-corrected chi connectivity index (χ0v) is 13.9. The van der Waals surface area contributed by atoms with E-state index in [9.17, 15) is 4.79 Å². The topological polar surface area (TPSA) is 46.9 Å². The highest BCUT2D eigenvalue weighted by Gasteiger charge is 2.19. The predicted molar refractivity (Wildman–Crippen MR) is 96.0 cm³/mol. The SMILES string of the molecule is Cc1ccccc1C(CC(=O)Nc1ncccc1C)n1cccc1. The molecule has 0 aliphatic heterocycles. The normalized spacial score (nSPS) is 11.9. The van der Waals surface area contributed by atoms with Crippen LogP contribution in [-0.4, -0.2) is 15.5 Å². The summed E-state index contributed by atoms with van der Waals surface area (Å²) in [4.78, 5) is 16.8. The first-order valence-corrected chi connectivity index (χ1v) is 8.04. The smallest absolute Gasteiger partial charge is 0.227 e. The summed E-state index contributed by atoms with van der Waals surface area (Å²) in [7, 11) is 0. The van der Waals surface area contributed by atoms with Crippen molar-refractivity contribution in [3.8, 4) is 0 Å². The molecule has 0 bridgehead atoms. The lowest BCUT2D eigenvalue weighted by Crippen LogP contribution is -2.21. The van der Waals surface area contributed by atoms with Gasteiger partial charge >= 0.3 is 0 Å². The molecule has 2 aromatic heterocycles. The van der Waals surface area contributed by atoms with Gasteiger partial charge in [-0.1, -0.05) is 30.3 Å². The summed E-state index contributed by atoms with van der Waals surface area (Å²) in [5, 5.41) is 2.93. The van der Waals surface area contributed by atoms with Gasteiger partial charge in [-0.25, -0.2) is 4.98 Å². The maximum Gasteiger partial charge on any atom is 0.227 e. The Morgan fingerprint density at radius 1 is 1.04 bits per heavy atom. The zero-order chi connectivity index (χ0) is 16.9. The van der Waals surface area contributed by atoms with Crippen LogP contribution in [0, 0.1) is 13.8 Å². The molecule has 0 aliphatic rings. The number of pyridine rings is 1. The highest BCUT2D eigenvalue weighted by Crippen LogP contribution is 2.26. The van der Waals surface area contributed by atoms with E-state index in [0.29, 0.717) is 12.2 Å². The van der Waals surface area contributed by atoms with Crippen molar-refractivity contribution in [3.63, 3.8) is 0 Å². The second-order valence-electron chi connectivity index (χ2n) is 5.92. The molecule has 24 heavy (non-hydrogen) atoms. The lowest BCUT2D eigenvalue weighted by Gasteiger charge is -2.21. The summed E-state index contributed by atoms with van der Waals surface area (Å²) in [6.07, 6.45) is 6.04. The molecule has 1 unspecified atom stereocenters. The molecular weight excluding hydrogens is 298 g/mol. The summed E-state index contributed by atoms with van der Waals surface area (Å²) in [5.41, 5.74) is 3.29. The number of carbonyl (C=O) groups is 1. The van der Waals surface area contributed by atoms with E-state index in [1.807, 2.05) is 55.7 Å². The summed E-state index contributed by atoms with van der Waals surface area (Å²) < 4.78 is 2.08. The van der Waals surface area contributed by atoms with Crippen LogP contribution in [0.5, 0.6) is 0 Å². The van der Waals surface area contributed by atoms with Crippen molar-refractivity contribution in [2.45, 2.75) is 26.3 Å². The van der Waals surface area contributed by atoms with Crippen molar-refractivity contribution in [3.05, 3.63) is 83.8 Å². The molecule has 122 valence electrons. The number of rotatable bonds is 5. The number of nitrogens with one attached hydrogen (secondary N) is 1. The van der Waals surface area contributed by atoms with Gasteiger partial charge in [0.2, 0.25) is 5.91 Å². The Labute approximate surface area is 142 Å². The minimum absolute atomic E-state index is 0.0368. The second-order valence-corrected chi connectivity index (χ2v) is 5.92. The third kappa shape index (κ3) is 3.54. The molecule has 3 rings (SSSR count). The molecule has 1 amide bonds. The molecule has 0 radical (unpaired) electrons. The fourth-order valence-electron chi connectivity index (χ4n) is 2.87. The minimum atomic E-state index is -0.0428. The van der Waals surface area contributed by atoms with Gasteiger partial charge in [0.25, 0.3) is 0 Å². The maximum absolute atomic E-state index is 12.6. The summed E-state index contributed by atoms with van der Waals surface area (Å²) in [6, 6.07) is 15.9. The van der Waals surface area contributed by atoms with E-state index in [2.05, 4.69) is 33.9 Å². The number of hydrogen-bond acceptors (Lipinski definition) is 2. The molecule has 4 nitrogen and oxygen atoms in total. The first-order chi connectivity index (χ1) is 11.6. The van der Waals surface area contributed by atoms with Crippen LogP contribution >= 0.6 is 0 Å². The van der Waals surface area contributed by atoms with E-state index in [1.54, 1.807) is 6.20 Å². The number of benzene rings is 1. The Balaban J connectivity index is 1.84. The van der Waals surface area contributed by atoms with Gasteiger partial charge in [0, 0.05) is 18.6 Å². The van der Waals surface area contributed by atoms with E-state index < -0.39 is 0 Å². The van der Waals surface area contributed by atoms with Crippen LogP contribution in [0.25, 0.3) is 0 Å². The van der Waals surface area contributed by atoms with Crippen molar-refractivity contribution >= 4 is 11.7 Å². The first kappa shape index (κ1) is 16.0. The van der Waals surface area contributed by atoms with Crippen molar-refractivity contribution in [2.75, 3.05) is 5.32 Å². The van der Waals surface area contributed by atoms with Gasteiger partial charge in [-0.05, 0) is 48.7 Å². The Hall–Kier alpha value is -2.88. The molecule has 1 N–H and O–H groups in total. The molecule has 2 heterocycles. The zero-order valence-electron chi connectivity index (χ0n) is 13.9. The van der Waals surface area contributed by atoms with E-state index in [4.69, 9.17) is 0 Å². The van der Waals surface area contributed by atoms with Crippen LogP contribution in [0.2, 0.25) is 0 Å². The fraction of sp³-hybridized carbons (Fsp3) is 0.200. The Kier molecular flexibility index (Phi) is 4.75. The molecule has 0 saturated carbocycles. The number of aromatic nitrogens is 2. The Morgan fingerprint density at radius 2 is 1.75 bits per heavy atom. The van der Waals surface area contributed by atoms with Crippen LogP contribution in [-0.2, 0) is 4.79 Å². The quantitative estimate of drug-likeness (QED) is 0.769. The van der Waals surface area contributed by atoms with Crippen LogP contribution in [0.1, 0.15) is 29.2 Å². The van der Waals surface area contributed by atoms with Crippen LogP contribution in [0.3, 0.4) is 0 Å². The van der Waals surface area contributed by atoms with Gasteiger partial charge in [0.1, 0.15) is 5.82 Å². The molecular formula is C20H21N3O. The predicted octanol–water partition coefficient (Wildman–Crippen LogP) is 4.12. The Bertz CT molecular complexity index is 824. The molecule has 0 fully saturated rings. The lowest BCUT2D eigenvalue weighted by atomic mass is 9.98. The van der Waals surface area contributed by atoms with Crippen molar-refractivity contribution in [1.29, 1.82) is 0 Å². The van der Waals surface area contributed by atoms with Crippen LogP contribution < -0.4 is 5.32 Å². The number of nitrogens with zero attached hydrogens (tertiary/aromatic N) is 2. The van der Waals surface area contributed by atoms with E-state index in [0.717, 1.165) is 11.1 Å². The molecule has 4 heteroatoms. The summed E-state index contributed by atoms with van der Waals surface area (Å²) in [6.45, 7) is 4.01. The average molecular weight is 319 g/mol. The average Bonchev–Trinajstić information content (AvgIpc) is 3.10. The molecule has 0 spiro atoms. The standard InChI is InChI=1S/C20H21N3O/c1-15-8-3-4-10-17(15)18(23-12-5-6-13-23)14-19(24)22-20-16(2)9-7-11-21-20/h3-13,18H,14H2,1-2H3,(H,21,22,24). The highest BCUT2D eigenvalue weighted by atomic mass is 16.1. The molecule has 0 saturated heterocycles. The number of amides is 1. The highest BCUT2D eigenvalue weighted by molar-refractivity contribution is 5.91. The van der Waals surface area contributed by atoms with Gasteiger partial charge in [0.15, 0.2) is 0 Å². The summed E-state index contributed by atoms with van der Waals surface area (Å²) >= 11 is 0. The number of aryl methyl sites for hydroxylation is 2. The Morgan fingerprint density at radius 3 is 2.46 bits per heavy atom. The summed E-state index contributed by atoms with van der Waals surface area (Å²) in [5.74, 6) is 0.581. The lowest BCUT2D eigenvalue weighted by molar-refractivity contribution is -0.116. The largest absolute Gasteiger partial charge is 0.346 e. The molecule has 0 aliphatic carbocycles. The van der Waals surface area contributed by atoms with Crippen LogP contribution in [0.4, 0.5) is 5.82 Å². The van der Waals surface area contributed by atoms with Gasteiger partial charge in [-0.3, -0.25) is 4.79 Å². The van der Waals surface area contributed by atoms with Crippen molar-refractivity contribution < 1.29 is 4.79 Å². The number of anilines is 1. The van der Waals surface area contributed by atoms with Gasteiger partial charge in [-0.2, -0.15) is 0 Å². The van der Waals surface area contributed by atoms with E-state index in [-0.39, 0.29) is 11.9 Å². The van der Waals surface area contributed by atoms with E-state index >= 15 is 0 Å². The van der Waals surface area contributed by atoms with Crippen molar-refractivity contribution in [1.82, 2.24) is 9.55 Å². The van der Waals surface area contributed by atoms with Crippen LogP contribution in [0.15, 0.2) is 67.1 Å². The number of carbonyl (C=O) groups excluding carboxylic acids is 1. The third-order valence-corrected chi connectivity index (χ3v) is 4.18. The molecule has 1 atom stereocenters. The van der Waals surface area contributed by atoms with Crippen molar-refractivity contribution in [2.24, 2.45) is 0 Å². The third-order valence-electron chi connectivity index (χ3n) is 4.18.